The van der Waals surface area contributed by atoms with Crippen molar-refractivity contribution in [1.82, 2.24) is 29.8 Å². The topological polar surface area (TPSA) is 72.1 Å². The molecule has 1 saturated carbocycles. The fraction of sp³-hybridized carbons (Fsp3) is 0.526. The molecule has 1 aliphatic heterocycles. The summed E-state index contributed by atoms with van der Waals surface area (Å²) in [6.45, 7) is 3.96. The fourth-order valence-corrected chi connectivity index (χ4v) is 3.98. The summed E-state index contributed by atoms with van der Waals surface area (Å²) in [4.78, 5) is 11.4. The Balaban J connectivity index is 1.32. The molecule has 1 aliphatic carbocycles. The molecule has 1 saturated heterocycles. The Morgan fingerprint density at radius 3 is 2.58 bits per heavy atom. The molecule has 2 aliphatic rings. The van der Waals surface area contributed by atoms with Gasteiger partial charge in [-0.25, -0.2) is 9.97 Å². The number of fused-ring (bicyclic) bond motifs is 1. The van der Waals surface area contributed by atoms with E-state index in [1.807, 2.05) is 23.6 Å². The maximum atomic E-state index is 4.59. The number of rotatable bonds is 3. The first-order valence-corrected chi connectivity index (χ1v) is 9.54. The highest BCUT2D eigenvalue weighted by molar-refractivity contribution is 5.41. The Bertz CT molecular complexity index is 923. The van der Waals surface area contributed by atoms with Crippen molar-refractivity contribution < 1.29 is 0 Å². The van der Waals surface area contributed by atoms with Crippen LogP contribution in [-0.2, 0) is 0 Å². The van der Waals surface area contributed by atoms with Crippen LogP contribution in [0.1, 0.15) is 61.2 Å². The fourth-order valence-electron chi connectivity index (χ4n) is 3.98. The molecule has 3 aromatic heterocycles. The molecule has 0 atom stereocenters. The minimum atomic E-state index is 0.392. The number of aromatic nitrogens is 6. The molecule has 0 aromatic carbocycles. The first kappa shape index (κ1) is 15.7. The van der Waals surface area contributed by atoms with Gasteiger partial charge >= 0.3 is 0 Å². The molecule has 7 heteroatoms. The van der Waals surface area contributed by atoms with Crippen LogP contribution < -0.4 is 4.90 Å². The molecule has 7 nitrogen and oxygen atoms in total. The van der Waals surface area contributed by atoms with Crippen LogP contribution in [0.25, 0.3) is 5.65 Å². The predicted molar refractivity (Wildman–Crippen MR) is 98.3 cm³/mol. The highest BCUT2D eigenvalue weighted by atomic mass is 15.4. The van der Waals surface area contributed by atoms with Crippen LogP contribution >= 0.6 is 0 Å². The quantitative estimate of drug-likeness (QED) is 0.724. The van der Waals surface area contributed by atoms with E-state index in [9.17, 15) is 0 Å². The minimum absolute atomic E-state index is 0.392. The molecule has 134 valence electrons. The number of anilines is 1. The number of nitrogens with zero attached hydrogens (tertiary/aromatic N) is 7. The van der Waals surface area contributed by atoms with Crippen molar-refractivity contribution in [1.29, 1.82) is 0 Å². The lowest BCUT2D eigenvalue weighted by molar-refractivity contribution is 0.410. The maximum Gasteiger partial charge on any atom is 0.177 e. The molecule has 0 amide bonds. The molecular formula is C19H23N7. The summed E-state index contributed by atoms with van der Waals surface area (Å²) >= 11 is 0. The lowest BCUT2D eigenvalue weighted by Crippen LogP contribution is -2.34. The molecule has 4 heterocycles. The van der Waals surface area contributed by atoms with Crippen LogP contribution in [0.2, 0.25) is 0 Å². The zero-order valence-electron chi connectivity index (χ0n) is 15.0. The van der Waals surface area contributed by atoms with Crippen molar-refractivity contribution in [2.45, 2.75) is 50.9 Å². The molecule has 26 heavy (non-hydrogen) atoms. The largest absolute Gasteiger partial charge is 0.356 e. The molecule has 0 unspecified atom stereocenters. The van der Waals surface area contributed by atoms with Crippen molar-refractivity contribution >= 4 is 11.5 Å². The van der Waals surface area contributed by atoms with Crippen LogP contribution in [-0.4, -0.2) is 42.9 Å². The number of piperidine rings is 1. The Labute approximate surface area is 152 Å². The van der Waals surface area contributed by atoms with E-state index in [4.69, 9.17) is 0 Å². The van der Waals surface area contributed by atoms with Crippen LogP contribution in [0.4, 0.5) is 5.82 Å². The van der Waals surface area contributed by atoms with Gasteiger partial charge in [-0.2, -0.15) is 9.61 Å². The molecule has 0 N–H and O–H groups in total. The third-order valence-corrected chi connectivity index (χ3v) is 5.80. The highest BCUT2D eigenvalue weighted by Crippen LogP contribution is 2.36. The predicted octanol–water partition coefficient (Wildman–Crippen LogP) is 2.87. The lowest BCUT2D eigenvalue weighted by Gasteiger charge is -2.32. The summed E-state index contributed by atoms with van der Waals surface area (Å²) in [5, 5.41) is 13.3. The molecular weight excluding hydrogens is 326 g/mol. The van der Waals surface area contributed by atoms with Gasteiger partial charge in [0, 0.05) is 36.7 Å². The van der Waals surface area contributed by atoms with Gasteiger partial charge in [0.2, 0.25) is 0 Å². The zero-order valence-corrected chi connectivity index (χ0v) is 15.0. The van der Waals surface area contributed by atoms with Crippen molar-refractivity contribution in [3.8, 4) is 0 Å². The van der Waals surface area contributed by atoms with Gasteiger partial charge in [0.15, 0.2) is 11.5 Å². The van der Waals surface area contributed by atoms with E-state index in [-0.39, 0.29) is 0 Å². The number of hydrogen-bond acceptors (Lipinski definition) is 6. The number of aryl methyl sites for hydroxylation is 1. The van der Waals surface area contributed by atoms with E-state index in [1.165, 1.54) is 25.0 Å². The number of hydrogen-bond donors (Lipinski definition) is 0. The van der Waals surface area contributed by atoms with Crippen molar-refractivity contribution in [3.05, 3.63) is 41.7 Å². The van der Waals surface area contributed by atoms with E-state index >= 15 is 0 Å². The van der Waals surface area contributed by atoms with Crippen LogP contribution in [0.5, 0.6) is 0 Å². The van der Waals surface area contributed by atoms with Crippen molar-refractivity contribution in [2.75, 3.05) is 18.0 Å². The molecule has 0 bridgehead atoms. The van der Waals surface area contributed by atoms with E-state index < -0.39 is 0 Å². The van der Waals surface area contributed by atoms with Crippen LogP contribution in [0.15, 0.2) is 24.5 Å². The van der Waals surface area contributed by atoms with Crippen molar-refractivity contribution in [2.24, 2.45) is 0 Å². The van der Waals surface area contributed by atoms with E-state index in [0.29, 0.717) is 11.8 Å². The SMILES string of the molecule is Cc1ccc2nnc(C3CCN(c4cc(C5CCC5)ncn4)CC3)n2n1. The summed E-state index contributed by atoms with van der Waals surface area (Å²) < 4.78 is 1.91. The molecule has 0 radical (unpaired) electrons. The third-order valence-electron chi connectivity index (χ3n) is 5.80. The summed E-state index contributed by atoms with van der Waals surface area (Å²) in [5.41, 5.74) is 3.03. The van der Waals surface area contributed by atoms with Gasteiger partial charge in [-0.05, 0) is 44.7 Å². The second kappa shape index (κ2) is 6.30. The second-order valence-corrected chi connectivity index (χ2v) is 7.49. The maximum absolute atomic E-state index is 4.59. The average molecular weight is 349 g/mol. The standard InChI is InChI=1S/C19H23N7/c1-13-5-6-17-22-23-19(26(17)24-13)15-7-9-25(10-8-15)18-11-16(20-12-21-18)14-3-2-4-14/h5-6,11-12,14-15H,2-4,7-10H2,1H3. The van der Waals surface area contributed by atoms with Gasteiger partial charge in [-0.1, -0.05) is 6.42 Å². The van der Waals surface area contributed by atoms with Gasteiger partial charge in [0.25, 0.3) is 0 Å². The molecule has 2 fully saturated rings. The van der Waals surface area contributed by atoms with Crippen LogP contribution in [0, 0.1) is 6.92 Å². The van der Waals surface area contributed by atoms with Crippen LogP contribution in [0.3, 0.4) is 0 Å². The Kier molecular flexibility index (Phi) is 3.80. The second-order valence-electron chi connectivity index (χ2n) is 7.49. The Morgan fingerprint density at radius 1 is 0.962 bits per heavy atom. The zero-order chi connectivity index (χ0) is 17.5. The lowest BCUT2D eigenvalue weighted by atomic mass is 9.83. The monoisotopic (exact) mass is 349 g/mol. The smallest absolute Gasteiger partial charge is 0.177 e. The van der Waals surface area contributed by atoms with Gasteiger partial charge in [-0.15, -0.1) is 10.2 Å². The molecule has 0 spiro atoms. The van der Waals surface area contributed by atoms with Gasteiger partial charge in [0.05, 0.1) is 5.69 Å². The van der Waals surface area contributed by atoms with Gasteiger partial charge < -0.3 is 4.90 Å². The minimum Gasteiger partial charge on any atom is -0.356 e. The highest BCUT2D eigenvalue weighted by Gasteiger charge is 2.27. The van der Waals surface area contributed by atoms with E-state index in [0.717, 1.165) is 48.9 Å². The molecule has 5 rings (SSSR count). The van der Waals surface area contributed by atoms with E-state index in [2.05, 4.69) is 36.2 Å². The Hall–Kier alpha value is -2.57. The third kappa shape index (κ3) is 2.71. The summed E-state index contributed by atoms with van der Waals surface area (Å²) in [6.07, 6.45) is 7.68. The van der Waals surface area contributed by atoms with Gasteiger partial charge in [0.1, 0.15) is 12.1 Å². The summed E-state index contributed by atoms with van der Waals surface area (Å²) in [5.74, 6) is 3.09. The first-order chi connectivity index (χ1) is 12.8. The summed E-state index contributed by atoms with van der Waals surface area (Å²) in [6, 6.07) is 6.16. The van der Waals surface area contributed by atoms with Gasteiger partial charge in [-0.3, -0.25) is 0 Å². The molecule has 3 aromatic rings. The van der Waals surface area contributed by atoms with E-state index in [1.54, 1.807) is 6.33 Å². The average Bonchev–Trinajstić information content (AvgIpc) is 3.04. The normalized spacial score (nSPS) is 19.0. The Morgan fingerprint density at radius 2 is 1.81 bits per heavy atom. The summed E-state index contributed by atoms with van der Waals surface area (Å²) in [7, 11) is 0. The van der Waals surface area contributed by atoms with Crippen molar-refractivity contribution in [3.63, 3.8) is 0 Å². The first-order valence-electron chi connectivity index (χ1n) is 9.54.